The van der Waals surface area contributed by atoms with Crippen LogP contribution >= 0.6 is 0 Å². The first-order valence-corrected chi connectivity index (χ1v) is 11.0. The Kier molecular flexibility index (Phi) is 8.65. The number of benzene rings is 2. The molecule has 1 fully saturated rings. The van der Waals surface area contributed by atoms with Gasteiger partial charge in [-0.05, 0) is 57.9 Å². The molecule has 0 atom stereocenters. The SMILES string of the molecule is CNCCCN1CCN(C)CC1.O=Cc1ccc2c(=O)n(-c3ccccc3F)c(=O)[nH]c2c1. The van der Waals surface area contributed by atoms with E-state index < -0.39 is 17.1 Å². The molecule has 9 heteroatoms. The van der Waals surface area contributed by atoms with E-state index in [1.165, 1.54) is 81.6 Å². The Morgan fingerprint density at radius 3 is 2.48 bits per heavy atom. The van der Waals surface area contributed by atoms with Crippen LogP contribution in [-0.4, -0.2) is 79.0 Å². The lowest BCUT2D eigenvalue weighted by atomic mass is 10.1. The number of aromatic nitrogens is 2. The van der Waals surface area contributed by atoms with Crippen molar-refractivity contribution in [3.8, 4) is 5.69 Å². The molecule has 2 heterocycles. The minimum Gasteiger partial charge on any atom is -0.320 e. The number of aldehydes is 1. The molecule has 33 heavy (non-hydrogen) atoms. The van der Waals surface area contributed by atoms with Crippen LogP contribution in [0.15, 0.2) is 52.1 Å². The minimum atomic E-state index is -0.763. The average molecular weight is 456 g/mol. The third kappa shape index (κ3) is 6.22. The number of likely N-dealkylation sites (N-methyl/N-ethyl adjacent to an activating group) is 1. The van der Waals surface area contributed by atoms with Gasteiger partial charge in [-0.3, -0.25) is 9.59 Å². The summed E-state index contributed by atoms with van der Waals surface area (Å²) in [6.07, 6.45) is 1.89. The molecule has 1 saturated heterocycles. The third-order valence-corrected chi connectivity index (χ3v) is 5.65. The van der Waals surface area contributed by atoms with Crippen molar-refractivity contribution in [1.82, 2.24) is 24.7 Å². The van der Waals surface area contributed by atoms with Crippen LogP contribution in [0.1, 0.15) is 16.8 Å². The normalized spacial score (nSPS) is 14.6. The number of para-hydroxylation sites is 1. The van der Waals surface area contributed by atoms with Gasteiger partial charge >= 0.3 is 5.69 Å². The maximum absolute atomic E-state index is 13.8. The van der Waals surface area contributed by atoms with Crippen molar-refractivity contribution in [3.63, 3.8) is 0 Å². The molecule has 2 aromatic carbocycles. The van der Waals surface area contributed by atoms with Gasteiger partial charge in [0.05, 0.1) is 16.6 Å². The minimum absolute atomic E-state index is 0.120. The van der Waals surface area contributed by atoms with E-state index >= 15 is 0 Å². The summed E-state index contributed by atoms with van der Waals surface area (Å²) in [6, 6.07) is 9.80. The number of rotatable bonds is 6. The number of carbonyl (C=O) groups is 1. The van der Waals surface area contributed by atoms with E-state index in [0.717, 1.165) is 11.1 Å². The Labute approximate surface area is 191 Å². The smallest absolute Gasteiger partial charge is 0.320 e. The van der Waals surface area contributed by atoms with Crippen molar-refractivity contribution in [2.45, 2.75) is 6.42 Å². The Morgan fingerprint density at radius 2 is 1.82 bits per heavy atom. The second-order valence-corrected chi connectivity index (χ2v) is 8.05. The van der Waals surface area contributed by atoms with Gasteiger partial charge in [-0.25, -0.2) is 13.8 Å². The van der Waals surface area contributed by atoms with Gasteiger partial charge in [-0.2, -0.15) is 0 Å². The van der Waals surface area contributed by atoms with Gasteiger partial charge in [0.25, 0.3) is 5.56 Å². The van der Waals surface area contributed by atoms with Gasteiger partial charge in [0.15, 0.2) is 0 Å². The molecule has 0 aliphatic carbocycles. The van der Waals surface area contributed by atoms with E-state index in [4.69, 9.17) is 0 Å². The molecule has 8 nitrogen and oxygen atoms in total. The summed E-state index contributed by atoms with van der Waals surface area (Å²) in [7, 11) is 4.22. The van der Waals surface area contributed by atoms with Gasteiger partial charge < -0.3 is 20.1 Å². The summed E-state index contributed by atoms with van der Waals surface area (Å²) in [4.78, 5) is 42.6. The van der Waals surface area contributed by atoms with E-state index in [2.05, 4.69) is 27.1 Å². The Hall–Kier alpha value is -3.14. The average Bonchev–Trinajstić information content (AvgIpc) is 2.82. The molecule has 0 unspecified atom stereocenters. The first kappa shape index (κ1) is 24.5. The largest absolute Gasteiger partial charge is 0.333 e. The van der Waals surface area contributed by atoms with Crippen molar-refractivity contribution in [2.75, 3.05) is 53.4 Å². The second kappa shape index (κ2) is 11.6. The number of hydrogen-bond acceptors (Lipinski definition) is 6. The second-order valence-electron chi connectivity index (χ2n) is 8.05. The number of H-pyrrole nitrogens is 1. The molecule has 4 rings (SSSR count). The lowest BCUT2D eigenvalue weighted by Gasteiger charge is -2.32. The van der Waals surface area contributed by atoms with Crippen LogP contribution in [0.25, 0.3) is 16.6 Å². The molecule has 0 spiro atoms. The highest BCUT2D eigenvalue weighted by molar-refractivity contribution is 5.85. The molecule has 1 aliphatic rings. The Balaban J connectivity index is 0.000000218. The molecule has 3 aromatic rings. The summed E-state index contributed by atoms with van der Waals surface area (Å²) >= 11 is 0. The standard InChI is InChI=1S/C15H9FN2O3.C9H21N3/c16-11-3-1-2-4-13(11)18-14(20)10-6-5-9(8-19)7-12(10)17-15(18)21;1-10-4-3-5-12-8-6-11(2)7-9-12/h1-8H,(H,17,21);10H,3-9H2,1-2H3. The summed E-state index contributed by atoms with van der Waals surface area (Å²) in [5, 5.41) is 3.38. The van der Waals surface area contributed by atoms with E-state index in [0.29, 0.717) is 11.8 Å². The van der Waals surface area contributed by atoms with Crippen molar-refractivity contribution >= 4 is 17.2 Å². The maximum atomic E-state index is 13.8. The number of piperazine rings is 1. The third-order valence-electron chi connectivity index (χ3n) is 5.65. The molecule has 0 amide bonds. The first-order valence-electron chi connectivity index (χ1n) is 11.0. The molecule has 176 valence electrons. The number of halogens is 1. The van der Waals surface area contributed by atoms with Gasteiger partial charge in [0, 0.05) is 31.7 Å². The Morgan fingerprint density at radius 1 is 1.09 bits per heavy atom. The molecule has 1 aromatic heterocycles. The predicted molar refractivity (Wildman–Crippen MR) is 128 cm³/mol. The van der Waals surface area contributed by atoms with E-state index in [9.17, 15) is 18.8 Å². The Bertz CT molecular complexity index is 1200. The van der Waals surface area contributed by atoms with Gasteiger partial charge in [0.2, 0.25) is 0 Å². The monoisotopic (exact) mass is 455 g/mol. The van der Waals surface area contributed by atoms with Crippen molar-refractivity contribution < 1.29 is 9.18 Å². The van der Waals surface area contributed by atoms with E-state index in [1.807, 2.05) is 7.05 Å². The highest BCUT2D eigenvalue weighted by Crippen LogP contribution is 2.11. The van der Waals surface area contributed by atoms with Crippen LogP contribution < -0.4 is 16.6 Å². The van der Waals surface area contributed by atoms with Crippen LogP contribution in [-0.2, 0) is 0 Å². The number of fused-ring (bicyclic) bond motifs is 1. The lowest BCUT2D eigenvalue weighted by molar-refractivity contribution is 0.112. The fourth-order valence-corrected chi connectivity index (χ4v) is 3.71. The number of nitrogens with one attached hydrogen (secondary N) is 2. The zero-order chi connectivity index (χ0) is 23.8. The summed E-state index contributed by atoms with van der Waals surface area (Å²) in [5.41, 5.74) is -0.953. The van der Waals surface area contributed by atoms with Crippen molar-refractivity contribution in [1.29, 1.82) is 0 Å². The number of nitrogens with zero attached hydrogens (tertiary/aromatic N) is 3. The molecule has 0 bridgehead atoms. The molecular formula is C24H30FN5O3. The fraction of sp³-hybridized carbons (Fsp3) is 0.375. The quantitative estimate of drug-likeness (QED) is 0.432. The van der Waals surface area contributed by atoms with Crippen LogP contribution in [0.5, 0.6) is 0 Å². The summed E-state index contributed by atoms with van der Waals surface area (Å²) in [6.45, 7) is 7.38. The van der Waals surface area contributed by atoms with Gasteiger partial charge in [-0.15, -0.1) is 0 Å². The van der Waals surface area contributed by atoms with Crippen LogP contribution in [0.2, 0.25) is 0 Å². The predicted octanol–water partition coefficient (Wildman–Crippen LogP) is 1.47. The van der Waals surface area contributed by atoms with Gasteiger partial charge in [0.1, 0.15) is 12.1 Å². The highest BCUT2D eigenvalue weighted by atomic mass is 19.1. The number of hydrogen-bond donors (Lipinski definition) is 2. The molecule has 0 radical (unpaired) electrons. The van der Waals surface area contributed by atoms with E-state index in [1.54, 1.807) is 0 Å². The zero-order valence-corrected chi connectivity index (χ0v) is 19.0. The van der Waals surface area contributed by atoms with Crippen LogP contribution in [0, 0.1) is 5.82 Å². The topological polar surface area (TPSA) is 90.4 Å². The molecule has 0 saturated carbocycles. The highest BCUT2D eigenvalue weighted by Gasteiger charge is 2.13. The summed E-state index contributed by atoms with van der Waals surface area (Å²) < 4.78 is 14.5. The van der Waals surface area contributed by atoms with Gasteiger partial charge in [-0.1, -0.05) is 18.2 Å². The van der Waals surface area contributed by atoms with Crippen molar-refractivity contribution in [2.24, 2.45) is 0 Å². The number of aromatic amines is 1. The van der Waals surface area contributed by atoms with Crippen LogP contribution in [0.4, 0.5) is 4.39 Å². The molecule has 1 aliphatic heterocycles. The molecular weight excluding hydrogens is 425 g/mol. The van der Waals surface area contributed by atoms with E-state index in [-0.39, 0.29) is 16.6 Å². The van der Waals surface area contributed by atoms with Crippen molar-refractivity contribution in [3.05, 3.63) is 74.7 Å². The fourth-order valence-electron chi connectivity index (χ4n) is 3.71. The first-order chi connectivity index (χ1) is 15.9. The summed E-state index contributed by atoms with van der Waals surface area (Å²) in [5.74, 6) is -0.672. The number of carbonyl (C=O) groups excluding carboxylic acids is 1. The maximum Gasteiger partial charge on any atom is 0.333 e. The lowest BCUT2D eigenvalue weighted by Crippen LogP contribution is -2.45. The zero-order valence-electron chi connectivity index (χ0n) is 19.0. The van der Waals surface area contributed by atoms with Crippen LogP contribution in [0.3, 0.4) is 0 Å². The molecule has 2 N–H and O–H groups in total.